The van der Waals surface area contributed by atoms with Gasteiger partial charge >= 0.3 is 0 Å². The largest absolute Gasteiger partial charge is 0.349 e. The molecule has 1 spiro atoms. The van der Waals surface area contributed by atoms with Crippen LogP contribution in [0.25, 0.3) is 0 Å². The van der Waals surface area contributed by atoms with Gasteiger partial charge in [-0.3, -0.25) is 0 Å². The lowest BCUT2D eigenvalue weighted by molar-refractivity contribution is -0.272. The molecule has 3 saturated carbocycles. The lowest BCUT2D eigenvalue weighted by Gasteiger charge is -2.58. The Morgan fingerprint density at radius 2 is 1.73 bits per heavy atom. The molecule has 2 heteroatoms. The van der Waals surface area contributed by atoms with Crippen molar-refractivity contribution in [1.82, 2.24) is 0 Å². The van der Waals surface area contributed by atoms with E-state index in [1.807, 2.05) is 5.57 Å². The highest BCUT2D eigenvalue weighted by Crippen LogP contribution is 2.70. The summed E-state index contributed by atoms with van der Waals surface area (Å²) in [7, 11) is 0. The van der Waals surface area contributed by atoms with Gasteiger partial charge in [0.25, 0.3) is 0 Å². The van der Waals surface area contributed by atoms with E-state index in [1.54, 1.807) is 0 Å². The van der Waals surface area contributed by atoms with Crippen LogP contribution in [0, 0.1) is 52.3 Å². The summed E-state index contributed by atoms with van der Waals surface area (Å²) in [4.78, 5) is 0. The maximum absolute atomic E-state index is 6.92. The normalized spacial score (nSPS) is 59.8. The molecule has 30 heavy (non-hydrogen) atoms. The molecule has 6 unspecified atom stereocenters. The first kappa shape index (κ1) is 20.3. The van der Waals surface area contributed by atoms with Crippen molar-refractivity contribution >= 4 is 0 Å². The molecule has 2 saturated heterocycles. The number of ether oxygens (including phenoxy) is 2. The summed E-state index contributed by atoms with van der Waals surface area (Å²) in [6, 6.07) is 0. The Bertz CT molecular complexity index is 733. The molecule has 6 rings (SSSR count). The molecule has 0 amide bonds. The van der Waals surface area contributed by atoms with Gasteiger partial charge in [0.15, 0.2) is 5.79 Å². The van der Waals surface area contributed by atoms with Gasteiger partial charge in [-0.25, -0.2) is 0 Å². The van der Waals surface area contributed by atoms with Gasteiger partial charge in [0, 0.05) is 12.3 Å². The van der Waals surface area contributed by atoms with Gasteiger partial charge < -0.3 is 9.47 Å². The predicted octanol–water partition coefficient (Wildman–Crippen LogP) is 6.99. The quantitative estimate of drug-likeness (QED) is 0.399. The summed E-state index contributed by atoms with van der Waals surface area (Å²) in [5, 5.41) is 0. The molecule has 0 bridgehead atoms. The zero-order chi connectivity index (χ0) is 20.9. The molecule has 168 valence electrons. The lowest BCUT2D eigenvalue weighted by Crippen LogP contribution is -2.52. The molecule has 4 aliphatic carbocycles. The molecular weight excluding hydrogens is 368 g/mol. The Balaban J connectivity index is 1.28. The summed E-state index contributed by atoms with van der Waals surface area (Å²) in [6.07, 6.45) is 15.3. The zero-order valence-electron chi connectivity index (χ0n) is 20.1. The van der Waals surface area contributed by atoms with Gasteiger partial charge in [0.1, 0.15) is 0 Å². The standard InChI is InChI=1S/C28H44O2/c1-17-8-11-26(4)20(14-17)6-7-21-22(26)10-12-27(5)23(21)15-24-25(27)19(3)28(30-24)13-9-18(2)16-29-28/h6,17-19,21-25H,7-16H2,1-5H3/t17-,18?,19-,21?,22?,23?,24-,25?,26-,27-,28?/m0/s1. The van der Waals surface area contributed by atoms with E-state index < -0.39 is 0 Å². The molecule has 5 fully saturated rings. The van der Waals surface area contributed by atoms with Gasteiger partial charge in [-0.1, -0.05) is 46.3 Å². The first-order chi connectivity index (χ1) is 14.3. The Hall–Kier alpha value is -0.340. The molecule has 0 aromatic carbocycles. The van der Waals surface area contributed by atoms with Crippen LogP contribution in [0.5, 0.6) is 0 Å². The molecule has 0 aromatic rings. The number of rotatable bonds is 0. The van der Waals surface area contributed by atoms with Crippen molar-refractivity contribution in [2.24, 2.45) is 52.3 Å². The van der Waals surface area contributed by atoms with Gasteiger partial charge in [0.05, 0.1) is 12.7 Å². The van der Waals surface area contributed by atoms with Crippen LogP contribution in [0.1, 0.15) is 92.4 Å². The van der Waals surface area contributed by atoms with E-state index in [2.05, 4.69) is 40.7 Å². The Kier molecular flexibility index (Phi) is 4.46. The van der Waals surface area contributed by atoms with Crippen molar-refractivity contribution in [3.63, 3.8) is 0 Å². The number of hydrogen-bond donors (Lipinski definition) is 0. The average molecular weight is 413 g/mol. The molecule has 0 aromatic heterocycles. The monoisotopic (exact) mass is 412 g/mol. The fourth-order valence-corrected chi connectivity index (χ4v) is 9.86. The molecule has 2 heterocycles. The third kappa shape index (κ3) is 2.56. The highest BCUT2D eigenvalue weighted by Gasteiger charge is 2.68. The van der Waals surface area contributed by atoms with Gasteiger partial charge in [-0.2, -0.15) is 0 Å². The predicted molar refractivity (Wildman–Crippen MR) is 121 cm³/mol. The number of fused-ring (bicyclic) bond motifs is 7. The molecule has 2 aliphatic heterocycles. The molecular formula is C28H44O2. The van der Waals surface area contributed by atoms with Crippen LogP contribution >= 0.6 is 0 Å². The van der Waals surface area contributed by atoms with E-state index in [9.17, 15) is 0 Å². The average Bonchev–Trinajstić information content (AvgIpc) is 3.16. The van der Waals surface area contributed by atoms with Crippen molar-refractivity contribution in [3.05, 3.63) is 11.6 Å². The molecule has 0 radical (unpaired) electrons. The van der Waals surface area contributed by atoms with E-state index in [1.165, 1.54) is 51.4 Å². The molecule has 2 nitrogen and oxygen atoms in total. The second kappa shape index (κ2) is 6.60. The van der Waals surface area contributed by atoms with Crippen molar-refractivity contribution in [2.45, 2.75) is 104 Å². The van der Waals surface area contributed by atoms with E-state index in [-0.39, 0.29) is 5.79 Å². The van der Waals surface area contributed by atoms with Gasteiger partial charge in [0.2, 0.25) is 0 Å². The van der Waals surface area contributed by atoms with Crippen LogP contribution in [0.2, 0.25) is 0 Å². The van der Waals surface area contributed by atoms with Crippen molar-refractivity contribution < 1.29 is 9.47 Å². The molecule has 11 atom stereocenters. The van der Waals surface area contributed by atoms with Crippen LogP contribution in [0.4, 0.5) is 0 Å². The van der Waals surface area contributed by atoms with E-state index >= 15 is 0 Å². The smallest absolute Gasteiger partial charge is 0.171 e. The van der Waals surface area contributed by atoms with Crippen LogP contribution in [-0.4, -0.2) is 18.5 Å². The minimum atomic E-state index is -0.266. The molecule has 0 N–H and O–H groups in total. The van der Waals surface area contributed by atoms with E-state index in [4.69, 9.17) is 9.47 Å². The second-order valence-electron chi connectivity index (χ2n) is 13.1. The summed E-state index contributed by atoms with van der Waals surface area (Å²) in [6.45, 7) is 13.5. The summed E-state index contributed by atoms with van der Waals surface area (Å²) in [5.41, 5.74) is 2.77. The fraction of sp³-hybridized carbons (Fsp3) is 0.929. The zero-order valence-corrected chi connectivity index (χ0v) is 20.1. The SMILES string of the molecule is CC1CCC2(OC1)O[C@H]1CC3C4CC=C5C[C@@H](C)CC[C@]5(C)C4CC[C@]3(C)C1[C@@H]2C. The van der Waals surface area contributed by atoms with Crippen molar-refractivity contribution in [2.75, 3.05) is 6.61 Å². The summed E-state index contributed by atoms with van der Waals surface area (Å²) in [5.74, 6) is 5.20. The third-order valence-electron chi connectivity index (χ3n) is 11.6. The minimum Gasteiger partial charge on any atom is -0.349 e. The highest BCUT2D eigenvalue weighted by molar-refractivity contribution is 5.26. The third-order valence-corrected chi connectivity index (χ3v) is 11.6. The highest BCUT2D eigenvalue weighted by atomic mass is 16.7. The van der Waals surface area contributed by atoms with Crippen LogP contribution in [-0.2, 0) is 9.47 Å². The Morgan fingerprint density at radius 1 is 0.933 bits per heavy atom. The van der Waals surface area contributed by atoms with Crippen LogP contribution in [0.15, 0.2) is 11.6 Å². The topological polar surface area (TPSA) is 18.5 Å². The maximum Gasteiger partial charge on any atom is 0.171 e. The second-order valence-corrected chi connectivity index (χ2v) is 13.1. The first-order valence-corrected chi connectivity index (χ1v) is 13.3. The van der Waals surface area contributed by atoms with Gasteiger partial charge in [-0.15, -0.1) is 0 Å². The maximum atomic E-state index is 6.92. The van der Waals surface area contributed by atoms with Crippen LogP contribution in [0.3, 0.4) is 0 Å². The van der Waals surface area contributed by atoms with Crippen molar-refractivity contribution in [1.29, 1.82) is 0 Å². The number of hydrogen-bond acceptors (Lipinski definition) is 2. The van der Waals surface area contributed by atoms with Crippen molar-refractivity contribution in [3.8, 4) is 0 Å². The van der Waals surface area contributed by atoms with Gasteiger partial charge in [-0.05, 0) is 97.7 Å². The summed E-state index contributed by atoms with van der Waals surface area (Å²) < 4.78 is 13.4. The minimum absolute atomic E-state index is 0.266. The number of allylic oxidation sites excluding steroid dienone is 2. The lowest BCUT2D eigenvalue weighted by atomic mass is 9.46. The fourth-order valence-electron chi connectivity index (χ4n) is 9.86. The van der Waals surface area contributed by atoms with E-state index in [0.29, 0.717) is 34.7 Å². The Labute approximate surface area is 184 Å². The summed E-state index contributed by atoms with van der Waals surface area (Å²) >= 11 is 0. The first-order valence-electron chi connectivity index (χ1n) is 13.3. The van der Waals surface area contributed by atoms with Crippen LogP contribution < -0.4 is 0 Å². The molecule has 6 aliphatic rings. The Morgan fingerprint density at radius 3 is 2.50 bits per heavy atom. The van der Waals surface area contributed by atoms with E-state index in [0.717, 1.165) is 36.7 Å².